The van der Waals surface area contributed by atoms with Crippen LogP contribution in [0.3, 0.4) is 0 Å². The van der Waals surface area contributed by atoms with Gasteiger partial charge < -0.3 is 9.84 Å². The molecule has 0 bridgehead atoms. The van der Waals surface area contributed by atoms with E-state index < -0.39 is 5.97 Å². The molecule has 1 aromatic carbocycles. The second kappa shape index (κ2) is 6.28. The summed E-state index contributed by atoms with van der Waals surface area (Å²) in [5.74, 6) is -0.200. The lowest BCUT2D eigenvalue weighted by Gasteiger charge is -2.14. The van der Waals surface area contributed by atoms with Crippen LogP contribution in [0.1, 0.15) is 32.8 Å². The van der Waals surface area contributed by atoms with E-state index in [1.807, 2.05) is 38.1 Å². The molecule has 3 heteroatoms. The summed E-state index contributed by atoms with van der Waals surface area (Å²) in [4.78, 5) is 10.8. The van der Waals surface area contributed by atoms with Crippen molar-refractivity contribution in [2.24, 2.45) is 5.92 Å². The minimum Gasteiger partial charge on any atom is -0.491 e. The molecule has 1 unspecified atom stereocenters. The molecule has 1 aromatic rings. The van der Waals surface area contributed by atoms with E-state index in [9.17, 15) is 4.79 Å². The largest absolute Gasteiger partial charge is 0.491 e. The lowest BCUT2D eigenvalue weighted by molar-refractivity contribution is -0.141. The monoisotopic (exact) mass is 236 g/mol. The van der Waals surface area contributed by atoms with Gasteiger partial charge in [0.1, 0.15) is 5.75 Å². The summed E-state index contributed by atoms with van der Waals surface area (Å²) in [5, 5.41) is 8.84. The molecule has 0 heterocycles. The Balaban J connectivity index is 2.66. The smallest absolute Gasteiger partial charge is 0.306 e. The fraction of sp³-hybridized carbons (Fsp3) is 0.500. The molecule has 94 valence electrons. The maximum atomic E-state index is 10.8. The molecule has 0 amide bonds. The molecule has 0 spiro atoms. The zero-order valence-corrected chi connectivity index (χ0v) is 10.6. The van der Waals surface area contributed by atoms with Gasteiger partial charge >= 0.3 is 5.97 Å². The van der Waals surface area contributed by atoms with E-state index >= 15 is 0 Å². The van der Waals surface area contributed by atoms with Gasteiger partial charge in [0.15, 0.2) is 0 Å². The van der Waals surface area contributed by atoms with Gasteiger partial charge in [0, 0.05) is 0 Å². The summed E-state index contributed by atoms with van der Waals surface area (Å²) in [6.45, 7) is 5.70. The van der Waals surface area contributed by atoms with Crippen molar-refractivity contribution >= 4 is 5.97 Å². The number of aliphatic carboxylic acids is 1. The fourth-order valence-corrected chi connectivity index (χ4v) is 1.57. The highest BCUT2D eigenvalue weighted by Gasteiger charge is 2.12. The summed E-state index contributed by atoms with van der Waals surface area (Å²) in [5.41, 5.74) is 1.08. The number of carbonyl (C=O) groups is 1. The number of rotatable bonds is 6. The average Bonchev–Trinajstić information content (AvgIpc) is 2.26. The minimum atomic E-state index is -0.743. The van der Waals surface area contributed by atoms with Gasteiger partial charge in [-0.05, 0) is 38.3 Å². The number of hydrogen-bond donors (Lipinski definition) is 1. The highest BCUT2D eigenvalue weighted by molar-refractivity contribution is 5.69. The number of ether oxygens (including phenoxy) is 1. The molecule has 1 rings (SSSR count). The molecule has 0 saturated heterocycles. The van der Waals surface area contributed by atoms with E-state index in [0.29, 0.717) is 6.42 Å². The maximum Gasteiger partial charge on any atom is 0.306 e. The summed E-state index contributed by atoms with van der Waals surface area (Å²) in [7, 11) is 0. The molecular formula is C14H20O3. The molecule has 3 nitrogen and oxygen atoms in total. The lowest BCUT2D eigenvalue weighted by Crippen LogP contribution is -2.11. The van der Waals surface area contributed by atoms with Crippen molar-refractivity contribution in [2.75, 3.05) is 0 Å². The minimum absolute atomic E-state index is 0.132. The molecule has 0 saturated carbocycles. The Morgan fingerprint density at radius 2 is 1.94 bits per heavy atom. The van der Waals surface area contributed by atoms with E-state index in [-0.39, 0.29) is 12.0 Å². The molecule has 1 atom stereocenters. The van der Waals surface area contributed by atoms with Gasteiger partial charge in [-0.3, -0.25) is 4.79 Å². The van der Waals surface area contributed by atoms with Gasteiger partial charge in [0.05, 0.1) is 12.0 Å². The molecule has 0 aromatic heterocycles. The SMILES string of the molecule is CC(C)Oc1ccccc1CCC(C)C(=O)O. The molecule has 0 aliphatic heterocycles. The van der Waals surface area contributed by atoms with E-state index in [0.717, 1.165) is 17.7 Å². The summed E-state index contributed by atoms with van der Waals surface area (Å²) < 4.78 is 5.69. The van der Waals surface area contributed by atoms with Crippen LogP contribution < -0.4 is 4.74 Å². The molecule has 0 aliphatic rings. The van der Waals surface area contributed by atoms with E-state index in [4.69, 9.17) is 9.84 Å². The van der Waals surface area contributed by atoms with Crippen LogP contribution in [0.2, 0.25) is 0 Å². The van der Waals surface area contributed by atoms with Crippen LogP contribution in [0.4, 0.5) is 0 Å². The van der Waals surface area contributed by atoms with Crippen LogP contribution in [0.15, 0.2) is 24.3 Å². The van der Waals surface area contributed by atoms with Crippen LogP contribution in [0.5, 0.6) is 5.75 Å². The van der Waals surface area contributed by atoms with Crippen LogP contribution in [-0.4, -0.2) is 17.2 Å². The first-order chi connectivity index (χ1) is 8.00. The van der Waals surface area contributed by atoms with Crippen molar-refractivity contribution < 1.29 is 14.6 Å². The predicted molar refractivity (Wildman–Crippen MR) is 67.3 cm³/mol. The van der Waals surface area contributed by atoms with E-state index in [2.05, 4.69) is 0 Å². The molecule has 0 aliphatic carbocycles. The van der Waals surface area contributed by atoms with Crippen molar-refractivity contribution in [3.05, 3.63) is 29.8 Å². The second-order valence-electron chi connectivity index (χ2n) is 4.55. The van der Waals surface area contributed by atoms with Gasteiger partial charge in [-0.2, -0.15) is 0 Å². The second-order valence-corrected chi connectivity index (χ2v) is 4.55. The number of benzene rings is 1. The topological polar surface area (TPSA) is 46.5 Å². The molecule has 1 N–H and O–H groups in total. The van der Waals surface area contributed by atoms with Gasteiger partial charge in [-0.1, -0.05) is 25.1 Å². The van der Waals surface area contributed by atoms with Crippen LogP contribution in [0.25, 0.3) is 0 Å². The Bertz CT molecular complexity index is 371. The van der Waals surface area contributed by atoms with Crippen LogP contribution in [0, 0.1) is 5.92 Å². The van der Waals surface area contributed by atoms with E-state index in [1.54, 1.807) is 6.92 Å². The molecule has 0 radical (unpaired) electrons. The summed E-state index contributed by atoms with van der Waals surface area (Å²) in [6, 6.07) is 7.81. The third-order valence-corrected chi connectivity index (χ3v) is 2.60. The molecule has 17 heavy (non-hydrogen) atoms. The number of carboxylic acids is 1. The fourth-order valence-electron chi connectivity index (χ4n) is 1.57. The highest BCUT2D eigenvalue weighted by Crippen LogP contribution is 2.22. The van der Waals surface area contributed by atoms with Gasteiger partial charge in [-0.25, -0.2) is 0 Å². The predicted octanol–water partition coefficient (Wildman–Crippen LogP) is 3.13. The third kappa shape index (κ3) is 4.47. The average molecular weight is 236 g/mol. The zero-order valence-electron chi connectivity index (χ0n) is 10.6. The molecular weight excluding hydrogens is 216 g/mol. The number of hydrogen-bond acceptors (Lipinski definition) is 2. The number of aryl methyl sites for hydroxylation is 1. The normalized spacial score (nSPS) is 12.5. The standard InChI is InChI=1S/C14H20O3/c1-10(2)17-13-7-5-4-6-12(13)9-8-11(3)14(15)16/h4-7,10-11H,8-9H2,1-3H3,(H,15,16). The van der Waals surface area contributed by atoms with Crippen molar-refractivity contribution in [2.45, 2.75) is 39.7 Å². The first-order valence-electron chi connectivity index (χ1n) is 5.98. The van der Waals surface area contributed by atoms with Gasteiger partial charge in [0.25, 0.3) is 0 Å². The Labute approximate surface area is 102 Å². The maximum absolute atomic E-state index is 10.8. The summed E-state index contributed by atoms with van der Waals surface area (Å²) >= 11 is 0. The quantitative estimate of drug-likeness (QED) is 0.825. The number of para-hydroxylation sites is 1. The first kappa shape index (κ1) is 13.6. The van der Waals surface area contributed by atoms with Crippen molar-refractivity contribution in [3.63, 3.8) is 0 Å². The Morgan fingerprint density at radius 1 is 1.29 bits per heavy atom. The number of carboxylic acid groups (broad SMARTS) is 1. The lowest BCUT2D eigenvalue weighted by atomic mass is 10.0. The van der Waals surface area contributed by atoms with Crippen LogP contribution >= 0.6 is 0 Å². The van der Waals surface area contributed by atoms with Gasteiger partial charge in [0.2, 0.25) is 0 Å². The summed E-state index contributed by atoms with van der Waals surface area (Å²) in [6.07, 6.45) is 1.50. The Morgan fingerprint density at radius 3 is 2.53 bits per heavy atom. The zero-order chi connectivity index (χ0) is 12.8. The Kier molecular flexibility index (Phi) is 5.01. The van der Waals surface area contributed by atoms with Gasteiger partial charge in [-0.15, -0.1) is 0 Å². The Hall–Kier alpha value is -1.51. The third-order valence-electron chi connectivity index (χ3n) is 2.60. The van der Waals surface area contributed by atoms with Crippen molar-refractivity contribution in [1.82, 2.24) is 0 Å². The first-order valence-corrected chi connectivity index (χ1v) is 5.98. The van der Waals surface area contributed by atoms with Crippen molar-refractivity contribution in [1.29, 1.82) is 0 Å². The van der Waals surface area contributed by atoms with Crippen LogP contribution in [-0.2, 0) is 11.2 Å². The van der Waals surface area contributed by atoms with E-state index in [1.165, 1.54) is 0 Å². The molecule has 0 fully saturated rings. The van der Waals surface area contributed by atoms with Crippen molar-refractivity contribution in [3.8, 4) is 5.75 Å². The highest BCUT2D eigenvalue weighted by atomic mass is 16.5.